The van der Waals surface area contributed by atoms with Crippen LogP contribution in [0.5, 0.6) is 5.75 Å². The summed E-state index contributed by atoms with van der Waals surface area (Å²) in [6, 6.07) is 5.50. The second-order valence-electron chi connectivity index (χ2n) is 4.39. The van der Waals surface area contributed by atoms with E-state index < -0.39 is 0 Å². The van der Waals surface area contributed by atoms with Crippen molar-refractivity contribution in [2.24, 2.45) is 10.7 Å². The van der Waals surface area contributed by atoms with Crippen molar-refractivity contribution in [2.75, 3.05) is 6.61 Å². The summed E-state index contributed by atoms with van der Waals surface area (Å²) in [5, 5.41) is 1.10. The highest BCUT2D eigenvalue weighted by atomic mass is 35.5. The van der Waals surface area contributed by atoms with Crippen molar-refractivity contribution in [2.45, 2.75) is 31.9 Å². The van der Waals surface area contributed by atoms with E-state index in [1.54, 1.807) is 18.2 Å². The fourth-order valence-electron chi connectivity index (χ4n) is 1.91. The number of hydrogen-bond acceptors (Lipinski definition) is 4. The van der Waals surface area contributed by atoms with Gasteiger partial charge < -0.3 is 15.2 Å². The number of amidine groups is 1. The molecule has 0 saturated heterocycles. The predicted molar refractivity (Wildman–Crippen MR) is 77.1 cm³/mol. The summed E-state index contributed by atoms with van der Waals surface area (Å²) >= 11 is 11.9. The van der Waals surface area contributed by atoms with E-state index in [1.165, 1.54) is 0 Å². The molecule has 0 fully saturated rings. The molecule has 4 nitrogen and oxygen atoms in total. The summed E-state index contributed by atoms with van der Waals surface area (Å²) in [6.07, 6.45) is 1.61. The molecule has 1 aliphatic heterocycles. The van der Waals surface area contributed by atoms with Crippen molar-refractivity contribution < 1.29 is 9.47 Å². The van der Waals surface area contributed by atoms with E-state index >= 15 is 0 Å². The normalized spacial score (nSPS) is 19.7. The van der Waals surface area contributed by atoms with Gasteiger partial charge in [0.1, 0.15) is 18.5 Å². The Morgan fingerprint density at radius 1 is 1.53 bits per heavy atom. The quantitative estimate of drug-likeness (QED) is 0.908. The minimum absolute atomic E-state index is 0.0157. The number of benzene rings is 1. The van der Waals surface area contributed by atoms with Crippen LogP contribution in [-0.2, 0) is 4.74 Å². The van der Waals surface area contributed by atoms with Crippen LogP contribution >= 0.6 is 23.2 Å². The molecule has 6 heteroatoms. The molecule has 0 amide bonds. The average Bonchev–Trinajstić information content (AvgIpc) is 2.77. The summed E-state index contributed by atoms with van der Waals surface area (Å²) in [5.41, 5.74) is 5.49. The van der Waals surface area contributed by atoms with Crippen LogP contribution in [0, 0.1) is 0 Å². The van der Waals surface area contributed by atoms with Crippen molar-refractivity contribution >= 4 is 29.2 Å². The summed E-state index contributed by atoms with van der Waals surface area (Å²) in [7, 11) is 0. The first-order valence-electron chi connectivity index (χ1n) is 6.16. The monoisotopic (exact) mass is 302 g/mol. The lowest BCUT2D eigenvalue weighted by atomic mass is 10.1. The van der Waals surface area contributed by atoms with Gasteiger partial charge in [-0.05, 0) is 24.6 Å². The maximum absolute atomic E-state index is 6.09. The molecule has 1 aliphatic rings. The van der Waals surface area contributed by atoms with Gasteiger partial charge in [-0.25, -0.2) is 4.99 Å². The van der Waals surface area contributed by atoms with Crippen molar-refractivity contribution in [3.8, 4) is 5.75 Å². The largest absolute Gasteiger partial charge is 0.489 e. The molecule has 104 valence electrons. The van der Waals surface area contributed by atoms with Gasteiger partial charge in [0.15, 0.2) is 0 Å². The Kier molecular flexibility index (Phi) is 4.77. The fraction of sp³-hybridized carbons (Fsp3) is 0.462. The van der Waals surface area contributed by atoms with Gasteiger partial charge in [-0.1, -0.05) is 30.1 Å². The molecule has 2 rings (SSSR count). The Labute approximate surface area is 122 Å². The number of ether oxygens (including phenoxy) is 2. The summed E-state index contributed by atoms with van der Waals surface area (Å²) < 4.78 is 11.0. The molecule has 1 aromatic rings. The highest BCUT2D eigenvalue weighted by Gasteiger charge is 2.22. The molecular weight excluding hydrogens is 287 g/mol. The van der Waals surface area contributed by atoms with Crippen LogP contribution in [0.2, 0.25) is 10.0 Å². The Bertz CT molecular complexity index is 480. The lowest BCUT2D eigenvalue weighted by molar-refractivity contribution is 0.168. The number of aliphatic imine (C=N–C) groups is 1. The maximum Gasteiger partial charge on any atom is 0.282 e. The van der Waals surface area contributed by atoms with E-state index in [0.717, 1.165) is 12.8 Å². The van der Waals surface area contributed by atoms with Crippen LogP contribution in [0.4, 0.5) is 0 Å². The Morgan fingerprint density at radius 3 is 2.89 bits per heavy atom. The Balaban J connectivity index is 1.98. The van der Waals surface area contributed by atoms with E-state index in [0.29, 0.717) is 22.4 Å². The molecule has 0 aromatic heterocycles. The molecule has 0 radical (unpaired) electrons. The maximum atomic E-state index is 6.09. The first-order valence-corrected chi connectivity index (χ1v) is 6.92. The lowest BCUT2D eigenvalue weighted by Gasteiger charge is -2.19. The fourth-order valence-corrected chi connectivity index (χ4v) is 2.36. The Morgan fingerprint density at radius 2 is 2.32 bits per heavy atom. The van der Waals surface area contributed by atoms with Gasteiger partial charge in [-0.3, -0.25) is 0 Å². The molecule has 2 atom stereocenters. The van der Waals surface area contributed by atoms with Gasteiger partial charge in [0.2, 0.25) is 0 Å². The van der Waals surface area contributed by atoms with Crippen molar-refractivity contribution in [3.05, 3.63) is 28.2 Å². The third-order valence-corrected chi connectivity index (χ3v) is 3.44. The number of hydrogen-bond donors (Lipinski definition) is 1. The number of nitrogens with zero attached hydrogens (tertiary/aromatic N) is 1. The van der Waals surface area contributed by atoms with Gasteiger partial charge in [0, 0.05) is 11.4 Å². The third-order valence-electron chi connectivity index (χ3n) is 2.91. The zero-order valence-corrected chi connectivity index (χ0v) is 12.1. The molecule has 0 aliphatic carbocycles. The number of rotatable bonds is 5. The van der Waals surface area contributed by atoms with Gasteiger partial charge in [0.05, 0.1) is 11.1 Å². The van der Waals surface area contributed by atoms with Crippen LogP contribution < -0.4 is 10.5 Å². The van der Waals surface area contributed by atoms with Gasteiger partial charge in [-0.2, -0.15) is 0 Å². The average molecular weight is 303 g/mol. The molecule has 0 bridgehead atoms. The summed E-state index contributed by atoms with van der Waals surface area (Å²) in [5.74, 6) is 0.633. The van der Waals surface area contributed by atoms with E-state index in [1.807, 2.05) is 0 Å². The topological polar surface area (TPSA) is 56.8 Å². The third kappa shape index (κ3) is 3.91. The minimum Gasteiger partial charge on any atom is -0.489 e. The van der Waals surface area contributed by atoms with Crippen LogP contribution in [0.25, 0.3) is 0 Å². The van der Waals surface area contributed by atoms with E-state index in [9.17, 15) is 0 Å². The van der Waals surface area contributed by atoms with Gasteiger partial charge in [-0.15, -0.1) is 0 Å². The zero-order chi connectivity index (χ0) is 13.8. The molecule has 0 spiro atoms. The van der Waals surface area contributed by atoms with E-state index in [4.69, 9.17) is 38.4 Å². The SMILES string of the molecule is CCC(CC1COC(N)=N1)Oc1ccc(Cl)cc1Cl. The predicted octanol–water partition coefficient (Wildman–Crippen LogP) is 3.25. The second kappa shape index (κ2) is 6.35. The first-order chi connectivity index (χ1) is 9.08. The smallest absolute Gasteiger partial charge is 0.282 e. The molecule has 19 heavy (non-hydrogen) atoms. The van der Waals surface area contributed by atoms with Crippen LogP contribution in [-0.4, -0.2) is 24.8 Å². The molecule has 2 N–H and O–H groups in total. The van der Waals surface area contributed by atoms with Crippen molar-refractivity contribution in [1.82, 2.24) is 0 Å². The second-order valence-corrected chi connectivity index (χ2v) is 5.23. The zero-order valence-electron chi connectivity index (χ0n) is 10.6. The van der Waals surface area contributed by atoms with E-state index in [2.05, 4.69) is 11.9 Å². The van der Waals surface area contributed by atoms with E-state index in [-0.39, 0.29) is 18.2 Å². The minimum atomic E-state index is 0.0157. The summed E-state index contributed by atoms with van der Waals surface area (Å²) in [4.78, 5) is 4.19. The molecule has 0 saturated carbocycles. The first kappa shape index (κ1) is 14.3. The van der Waals surface area contributed by atoms with Crippen molar-refractivity contribution in [1.29, 1.82) is 0 Å². The van der Waals surface area contributed by atoms with Gasteiger partial charge >= 0.3 is 0 Å². The molecule has 1 heterocycles. The van der Waals surface area contributed by atoms with Crippen molar-refractivity contribution in [3.63, 3.8) is 0 Å². The highest BCUT2D eigenvalue weighted by Crippen LogP contribution is 2.29. The molecule has 1 aromatic carbocycles. The summed E-state index contributed by atoms with van der Waals surface area (Å²) in [6.45, 7) is 2.57. The van der Waals surface area contributed by atoms with Crippen LogP contribution in [0.15, 0.2) is 23.2 Å². The number of nitrogens with two attached hydrogens (primary N) is 1. The molecular formula is C13H16Cl2N2O2. The standard InChI is InChI=1S/C13H16Cl2N2O2/c1-2-10(6-9-7-18-13(16)17-9)19-12-4-3-8(14)5-11(12)15/h3-5,9-10H,2,6-7H2,1H3,(H2,16,17). The van der Waals surface area contributed by atoms with Crippen LogP contribution in [0.3, 0.4) is 0 Å². The Hall–Kier alpha value is -1.13. The number of halogens is 2. The van der Waals surface area contributed by atoms with Crippen LogP contribution in [0.1, 0.15) is 19.8 Å². The molecule has 2 unspecified atom stereocenters. The van der Waals surface area contributed by atoms with Gasteiger partial charge in [0.25, 0.3) is 6.02 Å². The highest BCUT2D eigenvalue weighted by molar-refractivity contribution is 6.35. The lowest BCUT2D eigenvalue weighted by Crippen LogP contribution is -2.22.